The molecule has 0 saturated heterocycles. The number of rotatable bonds is 3. The van der Waals surface area contributed by atoms with Crippen molar-refractivity contribution in [3.63, 3.8) is 0 Å². The molecule has 2 aromatic rings. The summed E-state index contributed by atoms with van der Waals surface area (Å²) >= 11 is 9.09. The van der Waals surface area contributed by atoms with E-state index in [1.165, 1.54) is 12.1 Å². The van der Waals surface area contributed by atoms with E-state index in [0.717, 1.165) is 15.7 Å². The average Bonchev–Trinajstić information content (AvgIpc) is 2.33. The Morgan fingerprint density at radius 3 is 2.65 bits per heavy atom. The van der Waals surface area contributed by atoms with Gasteiger partial charge in [-0.15, -0.1) is 0 Å². The maximum absolute atomic E-state index is 12.7. The first-order valence-electron chi connectivity index (χ1n) is 4.94. The molecule has 17 heavy (non-hydrogen) atoms. The summed E-state index contributed by atoms with van der Waals surface area (Å²) in [5.74, 6) is -0.232. The SMILES string of the molecule is Fc1ccc(CNc2cnc(Cl)c(Br)c2)cc1. The zero-order valence-corrected chi connectivity index (χ0v) is 11.1. The first kappa shape index (κ1) is 12.3. The minimum absolute atomic E-state index is 0.232. The summed E-state index contributed by atoms with van der Waals surface area (Å²) in [4.78, 5) is 4.00. The fourth-order valence-electron chi connectivity index (χ4n) is 1.32. The van der Waals surface area contributed by atoms with E-state index in [1.807, 2.05) is 6.07 Å². The van der Waals surface area contributed by atoms with Crippen molar-refractivity contribution in [3.05, 3.63) is 57.5 Å². The van der Waals surface area contributed by atoms with E-state index in [4.69, 9.17) is 11.6 Å². The molecule has 1 aromatic carbocycles. The predicted molar refractivity (Wildman–Crippen MR) is 70.7 cm³/mol. The maximum atomic E-state index is 12.7. The van der Waals surface area contributed by atoms with Crippen LogP contribution in [0.25, 0.3) is 0 Å². The highest BCUT2D eigenvalue weighted by Crippen LogP contribution is 2.23. The lowest BCUT2D eigenvalue weighted by atomic mass is 10.2. The van der Waals surface area contributed by atoms with Gasteiger partial charge in [-0.2, -0.15) is 0 Å². The Hall–Kier alpha value is -1.13. The minimum Gasteiger partial charge on any atom is -0.380 e. The zero-order valence-electron chi connectivity index (χ0n) is 8.75. The summed E-state index contributed by atoms with van der Waals surface area (Å²) in [7, 11) is 0. The molecule has 2 nitrogen and oxygen atoms in total. The van der Waals surface area contributed by atoms with Crippen molar-refractivity contribution < 1.29 is 4.39 Å². The van der Waals surface area contributed by atoms with Gasteiger partial charge in [-0.1, -0.05) is 23.7 Å². The largest absolute Gasteiger partial charge is 0.380 e. The Labute approximate surface area is 112 Å². The molecule has 0 saturated carbocycles. The van der Waals surface area contributed by atoms with Gasteiger partial charge in [0.2, 0.25) is 0 Å². The van der Waals surface area contributed by atoms with E-state index in [2.05, 4.69) is 26.2 Å². The molecule has 0 amide bonds. The highest BCUT2D eigenvalue weighted by Gasteiger charge is 2.00. The zero-order chi connectivity index (χ0) is 12.3. The summed E-state index contributed by atoms with van der Waals surface area (Å²) in [6.07, 6.45) is 1.65. The average molecular weight is 316 g/mol. The Morgan fingerprint density at radius 2 is 2.00 bits per heavy atom. The molecule has 0 atom stereocenters. The molecule has 0 radical (unpaired) electrons. The number of nitrogens with one attached hydrogen (secondary N) is 1. The monoisotopic (exact) mass is 314 g/mol. The van der Waals surface area contributed by atoms with E-state index in [9.17, 15) is 4.39 Å². The summed E-state index contributed by atoms with van der Waals surface area (Å²) in [5.41, 5.74) is 1.85. The first-order chi connectivity index (χ1) is 8.15. The predicted octanol–water partition coefficient (Wildman–Crippen LogP) is 4.25. The minimum atomic E-state index is -0.232. The van der Waals surface area contributed by atoms with Crippen molar-refractivity contribution in [2.75, 3.05) is 5.32 Å². The fourth-order valence-corrected chi connectivity index (χ4v) is 1.78. The van der Waals surface area contributed by atoms with Crippen molar-refractivity contribution in [1.82, 2.24) is 4.98 Å². The number of halogens is 3. The lowest BCUT2D eigenvalue weighted by Gasteiger charge is -2.07. The fraction of sp³-hybridized carbons (Fsp3) is 0.0833. The number of hydrogen-bond acceptors (Lipinski definition) is 2. The molecular weight excluding hydrogens is 307 g/mol. The number of anilines is 1. The molecule has 1 aromatic heterocycles. The standard InChI is InChI=1S/C12H9BrClFN2/c13-11-5-10(7-17-12(11)14)16-6-8-1-3-9(15)4-2-8/h1-5,7,16H,6H2. The molecule has 0 spiro atoms. The van der Waals surface area contributed by atoms with Crippen molar-refractivity contribution >= 4 is 33.2 Å². The van der Waals surface area contributed by atoms with Crippen LogP contribution in [0.1, 0.15) is 5.56 Å². The van der Waals surface area contributed by atoms with Gasteiger partial charge in [0.25, 0.3) is 0 Å². The van der Waals surface area contributed by atoms with Crippen molar-refractivity contribution in [1.29, 1.82) is 0 Å². The maximum Gasteiger partial charge on any atom is 0.143 e. The third-order valence-electron chi connectivity index (χ3n) is 2.21. The summed E-state index contributed by atoms with van der Waals surface area (Å²) in [6.45, 7) is 0.607. The lowest BCUT2D eigenvalue weighted by Crippen LogP contribution is -1.99. The number of pyridine rings is 1. The number of aromatic nitrogens is 1. The van der Waals surface area contributed by atoms with Gasteiger partial charge in [-0.25, -0.2) is 9.37 Å². The topological polar surface area (TPSA) is 24.9 Å². The molecule has 1 heterocycles. The highest BCUT2D eigenvalue weighted by atomic mass is 79.9. The molecule has 88 valence electrons. The van der Waals surface area contributed by atoms with Crippen LogP contribution in [0.4, 0.5) is 10.1 Å². The van der Waals surface area contributed by atoms with Crippen LogP contribution < -0.4 is 5.32 Å². The van der Waals surface area contributed by atoms with Gasteiger partial charge in [0.15, 0.2) is 0 Å². The smallest absolute Gasteiger partial charge is 0.143 e. The van der Waals surface area contributed by atoms with Crippen LogP contribution >= 0.6 is 27.5 Å². The van der Waals surface area contributed by atoms with Crippen LogP contribution in [0, 0.1) is 5.82 Å². The molecular formula is C12H9BrClFN2. The van der Waals surface area contributed by atoms with Crippen LogP contribution in [-0.4, -0.2) is 4.98 Å². The van der Waals surface area contributed by atoms with Gasteiger partial charge < -0.3 is 5.32 Å². The number of hydrogen-bond donors (Lipinski definition) is 1. The first-order valence-corrected chi connectivity index (χ1v) is 6.11. The second-order valence-corrected chi connectivity index (χ2v) is 4.69. The van der Waals surface area contributed by atoms with Gasteiger partial charge in [0.05, 0.1) is 16.4 Å². The summed E-state index contributed by atoms with van der Waals surface area (Å²) < 4.78 is 13.4. The third kappa shape index (κ3) is 3.41. The molecule has 0 unspecified atom stereocenters. The van der Waals surface area contributed by atoms with Gasteiger partial charge >= 0.3 is 0 Å². The molecule has 5 heteroatoms. The van der Waals surface area contributed by atoms with E-state index in [0.29, 0.717) is 11.7 Å². The molecule has 0 aliphatic rings. The van der Waals surface area contributed by atoms with Crippen molar-refractivity contribution in [2.24, 2.45) is 0 Å². The molecule has 0 bridgehead atoms. The molecule has 1 N–H and O–H groups in total. The quantitative estimate of drug-likeness (QED) is 0.857. The molecule has 0 aliphatic heterocycles. The van der Waals surface area contributed by atoms with Gasteiger partial charge in [0.1, 0.15) is 11.0 Å². The summed E-state index contributed by atoms with van der Waals surface area (Å²) in [6, 6.07) is 8.19. The Balaban J connectivity index is 2.02. The third-order valence-corrected chi connectivity index (χ3v) is 3.34. The van der Waals surface area contributed by atoms with Gasteiger partial charge in [-0.3, -0.25) is 0 Å². The highest BCUT2D eigenvalue weighted by molar-refractivity contribution is 9.10. The molecule has 0 aliphatic carbocycles. The van der Waals surface area contributed by atoms with E-state index in [-0.39, 0.29) is 5.82 Å². The lowest BCUT2D eigenvalue weighted by molar-refractivity contribution is 0.627. The second kappa shape index (κ2) is 5.47. The van der Waals surface area contributed by atoms with Gasteiger partial charge in [-0.05, 0) is 39.7 Å². The van der Waals surface area contributed by atoms with E-state index < -0.39 is 0 Å². The van der Waals surface area contributed by atoms with Crippen LogP contribution in [0.2, 0.25) is 5.15 Å². The Bertz CT molecular complexity index is 516. The van der Waals surface area contributed by atoms with E-state index in [1.54, 1.807) is 18.3 Å². The molecule has 0 fully saturated rings. The van der Waals surface area contributed by atoms with Crippen molar-refractivity contribution in [2.45, 2.75) is 6.54 Å². The van der Waals surface area contributed by atoms with Gasteiger partial charge in [0, 0.05) is 6.54 Å². The Morgan fingerprint density at radius 1 is 1.29 bits per heavy atom. The Kier molecular flexibility index (Phi) is 3.97. The normalized spacial score (nSPS) is 10.3. The van der Waals surface area contributed by atoms with Crippen LogP contribution in [0.15, 0.2) is 41.0 Å². The van der Waals surface area contributed by atoms with Crippen LogP contribution in [0.3, 0.4) is 0 Å². The van der Waals surface area contributed by atoms with Crippen LogP contribution in [0.5, 0.6) is 0 Å². The van der Waals surface area contributed by atoms with Crippen molar-refractivity contribution in [3.8, 4) is 0 Å². The number of benzene rings is 1. The van der Waals surface area contributed by atoms with E-state index >= 15 is 0 Å². The van der Waals surface area contributed by atoms with Crippen LogP contribution in [-0.2, 0) is 6.54 Å². The second-order valence-electron chi connectivity index (χ2n) is 3.48. The molecule has 2 rings (SSSR count). The number of nitrogens with zero attached hydrogens (tertiary/aromatic N) is 1. The summed E-state index contributed by atoms with van der Waals surface area (Å²) in [5, 5.41) is 3.60.